The summed E-state index contributed by atoms with van der Waals surface area (Å²) in [6.07, 6.45) is 1.15. The first kappa shape index (κ1) is 15.7. The van der Waals surface area contributed by atoms with Gasteiger partial charge in [0.1, 0.15) is 0 Å². The van der Waals surface area contributed by atoms with Gasteiger partial charge in [0, 0.05) is 18.1 Å². The minimum atomic E-state index is -0.778. The molecule has 7 heteroatoms. The van der Waals surface area contributed by atoms with Crippen molar-refractivity contribution in [2.45, 2.75) is 24.9 Å². The molecule has 0 unspecified atom stereocenters. The van der Waals surface area contributed by atoms with E-state index in [2.05, 4.69) is 5.32 Å². The van der Waals surface area contributed by atoms with Gasteiger partial charge in [-0.1, -0.05) is 11.6 Å². The van der Waals surface area contributed by atoms with Crippen molar-refractivity contribution >= 4 is 41.3 Å². The second kappa shape index (κ2) is 6.73. The van der Waals surface area contributed by atoms with Crippen LogP contribution in [0.25, 0.3) is 0 Å². The summed E-state index contributed by atoms with van der Waals surface area (Å²) in [5.74, 6) is -0.106. The van der Waals surface area contributed by atoms with Crippen LogP contribution in [0.1, 0.15) is 17.7 Å². The summed E-state index contributed by atoms with van der Waals surface area (Å²) in [6, 6.07) is 3.72. The number of nitrogens with two attached hydrogens (primary N) is 1. The highest BCUT2D eigenvalue weighted by molar-refractivity contribution is 7.16. The second-order valence-corrected chi connectivity index (χ2v) is 5.96. The topological polar surface area (TPSA) is 64.4 Å². The number of nitrogens with one attached hydrogen (secondary N) is 1. The van der Waals surface area contributed by atoms with Crippen LogP contribution in [-0.2, 0) is 16.1 Å². The van der Waals surface area contributed by atoms with Gasteiger partial charge in [0.2, 0.25) is 5.91 Å². The van der Waals surface area contributed by atoms with Crippen molar-refractivity contribution in [3.05, 3.63) is 21.3 Å². The lowest BCUT2D eigenvalue weighted by atomic mass is 9.90. The van der Waals surface area contributed by atoms with Gasteiger partial charge < -0.3 is 15.8 Å². The zero-order valence-corrected chi connectivity index (χ0v) is 12.2. The van der Waals surface area contributed by atoms with E-state index in [0.29, 0.717) is 32.6 Å². The van der Waals surface area contributed by atoms with Gasteiger partial charge in [-0.05, 0) is 25.0 Å². The third-order valence-corrected chi connectivity index (χ3v) is 4.12. The molecule has 18 heavy (non-hydrogen) atoms. The van der Waals surface area contributed by atoms with Crippen molar-refractivity contribution in [2.24, 2.45) is 5.73 Å². The minimum absolute atomic E-state index is 0. The predicted octanol–water partition coefficient (Wildman–Crippen LogP) is 1.95. The van der Waals surface area contributed by atoms with E-state index < -0.39 is 5.54 Å². The Morgan fingerprint density at radius 3 is 2.72 bits per heavy atom. The monoisotopic (exact) mass is 310 g/mol. The number of thiophene rings is 1. The quantitative estimate of drug-likeness (QED) is 0.897. The van der Waals surface area contributed by atoms with Crippen LogP contribution in [-0.4, -0.2) is 24.7 Å². The summed E-state index contributed by atoms with van der Waals surface area (Å²) >= 11 is 7.28. The highest BCUT2D eigenvalue weighted by Gasteiger charge is 2.35. The average Bonchev–Trinajstić information content (AvgIpc) is 2.73. The van der Waals surface area contributed by atoms with Gasteiger partial charge >= 0.3 is 0 Å². The first-order chi connectivity index (χ1) is 8.10. The fourth-order valence-electron chi connectivity index (χ4n) is 1.75. The summed E-state index contributed by atoms with van der Waals surface area (Å²) < 4.78 is 5.93. The molecule has 1 aliphatic rings. The lowest BCUT2D eigenvalue weighted by molar-refractivity contribution is -0.129. The van der Waals surface area contributed by atoms with E-state index >= 15 is 0 Å². The van der Waals surface area contributed by atoms with Gasteiger partial charge in [-0.2, -0.15) is 0 Å². The molecule has 2 rings (SSSR count). The van der Waals surface area contributed by atoms with Crippen LogP contribution in [0.4, 0.5) is 0 Å². The van der Waals surface area contributed by atoms with E-state index in [0.717, 1.165) is 9.21 Å². The molecule has 0 bridgehead atoms. The molecule has 0 saturated carbocycles. The number of carbonyl (C=O) groups is 1. The number of hydrogen-bond donors (Lipinski definition) is 2. The number of ether oxygens (including phenoxy) is 1. The van der Waals surface area contributed by atoms with Gasteiger partial charge in [-0.3, -0.25) is 4.79 Å². The summed E-state index contributed by atoms with van der Waals surface area (Å²) in [6.45, 7) is 1.58. The van der Waals surface area contributed by atoms with Crippen LogP contribution in [0, 0.1) is 0 Å². The summed E-state index contributed by atoms with van der Waals surface area (Å²) in [5, 5.41) is 2.85. The summed E-state index contributed by atoms with van der Waals surface area (Å²) in [4.78, 5) is 13.0. The van der Waals surface area contributed by atoms with Gasteiger partial charge in [0.25, 0.3) is 0 Å². The van der Waals surface area contributed by atoms with Crippen LogP contribution in [0.15, 0.2) is 12.1 Å². The van der Waals surface area contributed by atoms with Crippen LogP contribution in [0.5, 0.6) is 0 Å². The van der Waals surface area contributed by atoms with Crippen molar-refractivity contribution in [3.63, 3.8) is 0 Å². The smallest absolute Gasteiger partial charge is 0.240 e. The Balaban J connectivity index is 0.00000162. The van der Waals surface area contributed by atoms with Crippen LogP contribution >= 0.6 is 35.3 Å². The van der Waals surface area contributed by atoms with E-state index in [-0.39, 0.29) is 18.3 Å². The first-order valence-corrected chi connectivity index (χ1v) is 6.69. The molecule has 1 fully saturated rings. The molecule has 0 aromatic carbocycles. The maximum absolute atomic E-state index is 12.0. The second-order valence-electron chi connectivity index (χ2n) is 4.16. The number of carbonyl (C=O) groups excluding carboxylic acids is 1. The highest BCUT2D eigenvalue weighted by atomic mass is 35.5. The Hall–Kier alpha value is -0.330. The molecule has 1 amide bonds. The largest absolute Gasteiger partial charge is 0.381 e. The number of halogens is 2. The maximum Gasteiger partial charge on any atom is 0.240 e. The van der Waals surface area contributed by atoms with Crippen molar-refractivity contribution < 1.29 is 9.53 Å². The van der Waals surface area contributed by atoms with E-state index in [4.69, 9.17) is 22.1 Å². The van der Waals surface area contributed by atoms with Crippen LogP contribution in [0.3, 0.4) is 0 Å². The molecule has 3 N–H and O–H groups in total. The van der Waals surface area contributed by atoms with Gasteiger partial charge in [0.15, 0.2) is 0 Å². The molecular weight excluding hydrogens is 295 g/mol. The molecule has 4 nitrogen and oxygen atoms in total. The third kappa shape index (κ3) is 3.83. The zero-order chi connectivity index (χ0) is 12.3. The molecule has 0 spiro atoms. The molecule has 0 atom stereocenters. The van der Waals surface area contributed by atoms with Crippen molar-refractivity contribution in [2.75, 3.05) is 13.2 Å². The van der Waals surface area contributed by atoms with Gasteiger partial charge in [0.05, 0.1) is 16.4 Å². The minimum Gasteiger partial charge on any atom is -0.381 e. The Kier molecular flexibility index (Phi) is 5.88. The predicted molar refractivity (Wildman–Crippen MR) is 75.4 cm³/mol. The number of amides is 1. The fourth-order valence-corrected chi connectivity index (χ4v) is 2.78. The van der Waals surface area contributed by atoms with E-state index in [9.17, 15) is 4.79 Å². The van der Waals surface area contributed by atoms with E-state index in [1.807, 2.05) is 12.1 Å². The number of rotatable bonds is 3. The molecule has 1 aliphatic heterocycles. The first-order valence-electron chi connectivity index (χ1n) is 5.49. The lowest BCUT2D eigenvalue weighted by Gasteiger charge is -2.31. The van der Waals surface area contributed by atoms with Gasteiger partial charge in [-0.25, -0.2) is 0 Å². The molecule has 2 heterocycles. The molecular formula is C11H16Cl2N2O2S. The van der Waals surface area contributed by atoms with E-state index in [1.54, 1.807) is 0 Å². The third-order valence-electron chi connectivity index (χ3n) is 2.89. The molecule has 102 valence electrons. The molecule has 0 radical (unpaired) electrons. The van der Waals surface area contributed by atoms with Crippen LogP contribution < -0.4 is 11.1 Å². The highest BCUT2D eigenvalue weighted by Crippen LogP contribution is 2.22. The molecule has 1 aromatic heterocycles. The average molecular weight is 311 g/mol. The van der Waals surface area contributed by atoms with Crippen LogP contribution in [0.2, 0.25) is 4.34 Å². The van der Waals surface area contributed by atoms with Crippen molar-refractivity contribution in [3.8, 4) is 0 Å². The van der Waals surface area contributed by atoms with Crippen molar-refractivity contribution in [1.82, 2.24) is 5.32 Å². The van der Waals surface area contributed by atoms with Crippen molar-refractivity contribution in [1.29, 1.82) is 0 Å². The Bertz CT molecular complexity index is 406. The Labute approximate surface area is 121 Å². The SMILES string of the molecule is Cl.NC1(C(=O)NCc2ccc(Cl)s2)CCOCC1. The van der Waals surface area contributed by atoms with Gasteiger partial charge in [-0.15, -0.1) is 23.7 Å². The zero-order valence-electron chi connectivity index (χ0n) is 9.78. The van der Waals surface area contributed by atoms with E-state index in [1.165, 1.54) is 11.3 Å². The Morgan fingerprint density at radius 1 is 1.50 bits per heavy atom. The lowest BCUT2D eigenvalue weighted by Crippen LogP contribution is -2.56. The fraction of sp³-hybridized carbons (Fsp3) is 0.545. The standard InChI is InChI=1S/C11H15ClN2O2S.ClH/c12-9-2-1-8(17-9)7-14-10(15)11(13)3-5-16-6-4-11;/h1-2H,3-7,13H2,(H,14,15);1H. The summed E-state index contributed by atoms with van der Waals surface area (Å²) in [5.41, 5.74) is 5.28. The number of hydrogen-bond acceptors (Lipinski definition) is 4. The Morgan fingerprint density at radius 2 is 2.17 bits per heavy atom. The maximum atomic E-state index is 12.0. The molecule has 1 aromatic rings. The molecule has 1 saturated heterocycles. The summed E-state index contributed by atoms with van der Waals surface area (Å²) in [7, 11) is 0. The normalized spacial score (nSPS) is 17.9. The molecule has 0 aliphatic carbocycles.